The smallest absolute Gasteiger partial charge is 0.174 e. The summed E-state index contributed by atoms with van der Waals surface area (Å²) in [4.78, 5) is 0. The van der Waals surface area contributed by atoms with Crippen molar-refractivity contribution < 1.29 is 139 Å². The minimum absolute atomic E-state index is 0. The molecule has 0 aromatic heterocycles. The Balaban J connectivity index is -0.0000000302. The fraction of sp³-hybridized carbons (Fsp3) is 0.636. The molecule has 4 nitrogen and oxygen atoms in total. The second-order valence-electron chi connectivity index (χ2n) is 2.62. The van der Waals surface area contributed by atoms with Gasteiger partial charge >= 0.3 is 0 Å². The summed E-state index contributed by atoms with van der Waals surface area (Å²) in [6.45, 7) is 1.67. The molecule has 10 heteroatoms. The van der Waals surface area contributed by atoms with Gasteiger partial charge in [0.15, 0.2) is 1.12 Å². The molecule has 0 fully saturated rings. The summed E-state index contributed by atoms with van der Waals surface area (Å²) in [5.41, 5.74) is 0. The number of rotatable bonds is 8. The molecular formula is C11H30N2O2S2Y4-4. The van der Waals surface area contributed by atoms with Crippen molar-refractivity contribution >= 4 is 22.4 Å². The molecule has 0 aliphatic carbocycles. The normalized spacial score (nSPS) is 8.24. The predicted molar refractivity (Wildman–Crippen MR) is 84.9 cm³/mol. The Labute approximate surface area is 242 Å². The first kappa shape index (κ1) is 50.0. The molecule has 4 radical (unpaired) electrons. The summed E-state index contributed by atoms with van der Waals surface area (Å²) in [6.07, 6.45) is 0. The standard InChI is InChI=1S/C7H18N2O2S2.4CH3.4Y/c1-8-5-7(6-9-2)12-3-4-13(10)11;;;;;;;;/h7-9,13H,3-6H2,1-2H3;4*1H3;;;;/q;4*-1;;;;/i13D;;;;;;;;. The second kappa shape index (κ2) is 44.3. The van der Waals surface area contributed by atoms with Gasteiger partial charge < -0.3 is 40.3 Å². The zero-order valence-electron chi connectivity index (χ0n) is 15.3. The van der Waals surface area contributed by atoms with Crippen molar-refractivity contribution in [1.82, 2.24) is 10.6 Å². The molecule has 124 valence electrons. The van der Waals surface area contributed by atoms with Crippen LogP contribution in [0, 0.1) is 29.7 Å². The minimum atomic E-state index is -3.56. The number of nitrogens with one attached hydrogen (secondary N) is 2. The molecule has 0 aliphatic rings. The SMILES string of the molecule is [2H]S(=O)(=O)CCSC(CNC)CNC.[CH3-].[CH3-].[CH3-].[CH3-].[Y].[Y].[Y].[Y]. The summed E-state index contributed by atoms with van der Waals surface area (Å²) in [7, 11) is 0.170. The van der Waals surface area contributed by atoms with Crippen molar-refractivity contribution in [1.29, 1.82) is 1.12 Å². The van der Waals surface area contributed by atoms with E-state index in [2.05, 4.69) is 10.6 Å². The van der Waals surface area contributed by atoms with Crippen LogP contribution >= 0.6 is 11.8 Å². The van der Waals surface area contributed by atoms with Crippen molar-refractivity contribution in [3.8, 4) is 0 Å². The minimum Gasteiger partial charge on any atom is -0.358 e. The molecule has 21 heavy (non-hydrogen) atoms. The van der Waals surface area contributed by atoms with Gasteiger partial charge in [-0.05, 0) is 14.1 Å². The Morgan fingerprint density at radius 3 is 1.52 bits per heavy atom. The van der Waals surface area contributed by atoms with Gasteiger partial charge in [-0.3, -0.25) is 0 Å². The van der Waals surface area contributed by atoms with Gasteiger partial charge in [0.25, 0.3) is 0 Å². The monoisotopic (exact) mass is 643 g/mol. The molecule has 0 aliphatic heterocycles. The van der Waals surface area contributed by atoms with Crippen LogP contribution in [0.15, 0.2) is 0 Å². The van der Waals surface area contributed by atoms with Crippen LogP contribution in [0.25, 0.3) is 0 Å². The van der Waals surface area contributed by atoms with E-state index in [0.717, 1.165) is 13.1 Å². The first-order valence-electron chi connectivity index (χ1n) is 4.58. The second-order valence-corrected chi connectivity index (χ2v) is 5.04. The third kappa shape index (κ3) is 45.6. The largest absolute Gasteiger partial charge is 0.358 e. The van der Waals surface area contributed by atoms with E-state index in [9.17, 15) is 8.42 Å². The van der Waals surface area contributed by atoms with Crippen molar-refractivity contribution in [2.45, 2.75) is 5.25 Å². The molecule has 0 aromatic carbocycles. The molecule has 0 rings (SSSR count). The van der Waals surface area contributed by atoms with E-state index in [-0.39, 0.29) is 166 Å². The Kier molecular flexibility index (Phi) is 105. The average Bonchev–Trinajstić information content (AvgIpc) is 2.02. The third-order valence-corrected chi connectivity index (χ3v) is 3.51. The maximum atomic E-state index is 10.6. The van der Waals surface area contributed by atoms with E-state index in [4.69, 9.17) is 1.12 Å². The molecule has 0 spiro atoms. The molecule has 0 bridgehead atoms. The van der Waals surface area contributed by atoms with Crippen molar-refractivity contribution in [3.63, 3.8) is 0 Å². The van der Waals surface area contributed by atoms with Crippen LogP contribution in [-0.4, -0.2) is 53.5 Å². The van der Waals surface area contributed by atoms with E-state index >= 15 is 0 Å². The van der Waals surface area contributed by atoms with Crippen LogP contribution in [-0.2, 0) is 141 Å². The third-order valence-electron chi connectivity index (χ3n) is 1.47. The van der Waals surface area contributed by atoms with Gasteiger partial charge in [0.05, 0.1) is 5.75 Å². The van der Waals surface area contributed by atoms with Crippen LogP contribution in [0.3, 0.4) is 0 Å². The maximum Gasteiger partial charge on any atom is 0.174 e. The summed E-state index contributed by atoms with van der Waals surface area (Å²) < 4.78 is 27.8. The van der Waals surface area contributed by atoms with Crippen LogP contribution in [0.1, 0.15) is 0 Å². The van der Waals surface area contributed by atoms with E-state index in [1.165, 1.54) is 0 Å². The molecule has 0 aromatic rings. The van der Waals surface area contributed by atoms with Gasteiger partial charge in [0.1, 0.15) is 10.6 Å². The van der Waals surface area contributed by atoms with Crippen LogP contribution in [0.5, 0.6) is 0 Å². The van der Waals surface area contributed by atoms with Crippen LogP contribution in [0.4, 0.5) is 0 Å². The Morgan fingerprint density at radius 2 is 1.29 bits per heavy atom. The van der Waals surface area contributed by atoms with Gasteiger partial charge in [-0.1, -0.05) is 0 Å². The van der Waals surface area contributed by atoms with Crippen LogP contribution < -0.4 is 10.6 Å². The molecule has 2 N–H and O–H groups in total. The molecule has 0 saturated carbocycles. The van der Waals surface area contributed by atoms with Gasteiger partial charge in [-0.15, -0.1) is 0 Å². The van der Waals surface area contributed by atoms with Gasteiger partial charge in [0.2, 0.25) is 0 Å². The number of thioether (sulfide) groups is 1. The Hall–Kier alpha value is 4.64. The number of thiol groups is 1. The number of hydrogen-bond acceptors (Lipinski definition) is 5. The van der Waals surface area contributed by atoms with E-state index < -0.39 is 10.6 Å². The van der Waals surface area contributed by atoms with Crippen LogP contribution in [0.2, 0.25) is 0 Å². The topological polar surface area (TPSA) is 58.2 Å². The molecule has 0 heterocycles. The summed E-state index contributed by atoms with van der Waals surface area (Å²) in [5.74, 6) is 0.418. The van der Waals surface area contributed by atoms with Gasteiger partial charge in [0, 0.05) is 155 Å². The van der Waals surface area contributed by atoms with E-state index in [1.54, 1.807) is 11.8 Å². The van der Waals surface area contributed by atoms with E-state index in [0.29, 0.717) is 11.0 Å². The zero-order valence-corrected chi connectivity index (χ0v) is 27.3. The van der Waals surface area contributed by atoms with Crippen molar-refractivity contribution in [2.75, 3.05) is 38.7 Å². The first-order chi connectivity index (χ1) is 6.49. The summed E-state index contributed by atoms with van der Waals surface area (Å²) in [6, 6.07) is 0. The molecular weight excluding hydrogens is 612 g/mol. The van der Waals surface area contributed by atoms with Crippen molar-refractivity contribution in [3.05, 3.63) is 29.7 Å². The molecule has 0 atom stereocenters. The molecule has 0 unspecified atom stereocenters. The summed E-state index contributed by atoms with van der Waals surface area (Å²) in [5, 5.41) is 6.44. The van der Waals surface area contributed by atoms with Gasteiger partial charge in [-0.25, -0.2) is 8.42 Å². The van der Waals surface area contributed by atoms with E-state index in [1.807, 2.05) is 14.1 Å². The zero-order chi connectivity index (χ0) is 11.0. The predicted octanol–water partition coefficient (Wildman–Crippen LogP) is 0.930. The Bertz CT molecular complexity index is 246. The molecule has 0 saturated heterocycles. The summed E-state index contributed by atoms with van der Waals surface area (Å²) >= 11 is 1.57. The average molecular weight is 643 g/mol. The number of hydrogen-bond donors (Lipinski definition) is 3. The van der Waals surface area contributed by atoms with Crippen molar-refractivity contribution in [2.24, 2.45) is 0 Å². The quantitative estimate of drug-likeness (QED) is 0.272. The Morgan fingerprint density at radius 1 is 0.952 bits per heavy atom. The fourth-order valence-electron chi connectivity index (χ4n) is 0.928. The maximum absolute atomic E-state index is 10.6. The fourth-order valence-corrected chi connectivity index (χ4v) is 2.76. The first-order valence-corrected chi connectivity index (χ1v) is 6.46. The van der Waals surface area contributed by atoms with Gasteiger partial charge in [-0.2, -0.15) is 11.8 Å². The molecule has 0 amide bonds.